The number of hydrogen-bond acceptors (Lipinski definition) is 9. The Morgan fingerprint density at radius 2 is 1.56 bits per heavy atom. The van der Waals surface area contributed by atoms with Crippen LogP contribution < -0.4 is 5.32 Å². The van der Waals surface area contributed by atoms with E-state index in [0.717, 1.165) is 16.2 Å². The summed E-state index contributed by atoms with van der Waals surface area (Å²) in [7, 11) is 2.40. The van der Waals surface area contributed by atoms with Crippen LogP contribution in [0.25, 0.3) is 0 Å². The van der Waals surface area contributed by atoms with E-state index in [-0.39, 0.29) is 22.0 Å². The molecule has 0 saturated heterocycles. The molecule has 3 amide bonds. The molecule has 1 N–H and O–H groups in total. The quantitative estimate of drug-likeness (QED) is 0.444. The van der Waals surface area contributed by atoms with Gasteiger partial charge in [-0.2, -0.15) is 0 Å². The van der Waals surface area contributed by atoms with Crippen LogP contribution >= 0.6 is 11.3 Å². The van der Waals surface area contributed by atoms with E-state index in [1.165, 1.54) is 14.2 Å². The molecule has 1 aliphatic rings. The Morgan fingerprint density at radius 3 is 2.09 bits per heavy atom. The average Bonchev–Trinajstić information content (AvgIpc) is 3.26. The number of anilines is 1. The zero-order valence-electron chi connectivity index (χ0n) is 19.3. The molecule has 0 aliphatic carbocycles. The fraction of sp³-hybridized carbons (Fsp3) is 0.348. The van der Waals surface area contributed by atoms with Gasteiger partial charge in [-0.15, -0.1) is 11.3 Å². The predicted molar refractivity (Wildman–Crippen MR) is 122 cm³/mol. The molecule has 11 heteroatoms. The Morgan fingerprint density at radius 1 is 1.00 bits per heavy atom. The van der Waals surface area contributed by atoms with Crippen LogP contribution in [-0.4, -0.2) is 67.5 Å². The van der Waals surface area contributed by atoms with E-state index in [0.29, 0.717) is 16.7 Å². The van der Waals surface area contributed by atoms with Gasteiger partial charge in [-0.05, 0) is 38.5 Å². The summed E-state index contributed by atoms with van der Waals surface area (Å²) in [4.78, 5) is 63.4. The smallest absolute Gasteiger partial charge is 0.348 e. The molecule has 180 valence electrons. The molecular weight excluding hydrogens is 464 g/mol. The fourth-order valence-corrected chi connectivity index (χ4v) is 4.73. The van der Waals surface area contributed by atoms with Crippen molar-refractivity contribution in [3.63, 3.8) is 0 Å². The fourth-order valence-electron chi connectivity index (χ4n) is 3.60. The first-order valence-electron chi connectivity index (χ1n) is 10.2. The first kappa shape index (κ1) is 25.1. The van der Waals surface area contributed by atoms with E-state index in [1.54, 1.807) is 45.0 Å². The second kappa shape index (κ2) is 9.74. The summed E-state index contributed by atoms with van der Waals surface area (Å²) in [5.74, 6) is -2.81. The molecule has 0 fully saturated rings. The molecule has 2 heterocycles. The van der Waals surface area contributed by atoms with Gasteiger partial charge in [-0.3, -0.25) is 19.3 Å². The van der Waals surface area contributed by atoms with Gasteiger partial charge in [-0.25, -0.2) is 9.59 Å². The van der Waals surface area contributed by atoms with E-state index in [2.05, 4.69) is 5.32 Å². The first-order chi connectivity index (χ1) is 16.0. The highest BCUT2D eigenvalue weighted by molar-refractivity contribution is 7.18. The van der Waals surface area contributed by atoms with Crippen LogP contribution in [0.5, 0.6) is 0 Å². The number of rotatable bonds is 8. The molecule has 0 spiro atoms. The minimum atomic E-state index is -1.03. The van der Waals surface area contributed by atoms with Crippen LogP contribution in [0.4, 0.5) is 5.00 Å². The molecule has 2 aromatic rings. The van der Waals surface area contributed by atoms with Gasteiger partial charge in [0.1, 0.15) is 16.5 Å². The Hall–Kier alpha value is -3.57. The third-order valence-electron chi connectivity index (χ3n) is 5.25. The number of imide groups is 1. The van der Waals surface area contributed by atoms with E-state index < -0.39 is 41.8 Å². The molecule has 1 aliphatic heterocycles. The van der Waals surface area contributed by atoms with Gasteiger partial charge in [0.25, 0.3) is 17.7 Å². The van der Waals surface area contributed by atoms with Crippen LogP contribution in [0.1, 0.15) is 60.2 Å². The third kappa shape index (κ3) is 4.57. The van der Waals surface area contributed by atoms with Gasteiger partial charge in [0.05, 0.1) is 43.1 Å². The number of carbonyl (C=O) groups excluding carboxylic acids is 5. The average molecular weight is 489 g/mol. The van der Waals surface area contributed by atoms with Crippen molar-refractivity contribution in [1.82, 2.24) is 4.90 Å². The van der Waals surface area contributed by atoms with Gasteiger partial charge >= 0.3 is 11.9 Å². The largest absolute Gasteiger partial charge is 0.465 e. The van der Waals surface area contributed by atoms with Gasteiger partial charge in [-0.1, -0.05) is 12.1 Å². The van der Waals surface area contributed by atoms with Crippen molar-refractivity contribution in [2.45, 2.75) is 26.3 Å². The Balaban J connectivity index is 1.67. The number of esters is 2. The minimum Gasteiger partial charge on any atom is -0.465 e. The standard InChI is InChI=1S/C23H24N2O8S/c1-12-16(21(29)31-4)18(34-17(12)22(30)32-5)24-15(26)10-33-11-23(2,3)25-19(27)13-8-6-7-9-14(13)20(25)28/h6-9H,10-11H2,1-5H3,(H,24,26). The van der Waals surface area contributed by atoms with Crippen LogP contribution in [0.3, 0.4) is 0 Å². The van der Waals surface area contributed by atoms with Gasteiger partial charge in [0, 0.05) is 0 Å². The van der Waals surface area contributed by atoms with Crippen LogP contribution in [0.2, 0.25) is 0 Å². The number of thiophene rings is 1. The van der Waals surface area contributed by atoms with Crippen molar-refractivity contribution in [2.75, 3.05) is 32.8 Å². The van der Waals surface area contributed by atoms with Crippen molar-refractivity contribution in [3.8, 4) is 0 Å². The number of fused-ring (bicyclic) bond motifs is 1. The van der Waals surface area contributed by atoms with E-state index >= 15 is 0 Å². The molecule has 0 atom stereocenters. The molecule has 0 radical (unpaired) electrons. The number of nitrogens with one attached hydrogen (secondary N) is 1. The molecule has 34 heavy (non-hydrogen) atoms. The number of hydrogen-bond donors (Lipinski definition) is 1. The Bertz CT molecular complexity index is 1150. The van der Waals surface area contributed by atoms with E-state index in [1.807, 2.05) is 0 Å². The minimum absolute atomic E-state index is 0.0487. The number of amides is 3. The molecule has 0 saturated carbocycles. The monoisotopic (exact) mass is 488 g/mol. The maximum atomic E-state index is 12.7. The van der Waals surface area contributed by atoms with Crippen molar-refractivity contribution in [1.29, 1.82) is 0 Å². The third-order valence-corrected chi connectivity index (χ3v) is 6.44. The normalized spacial score (nSPS) is 13.0. The maximum Gasteiger partial charge on any atom is 0.348 e. The molecular formula is C23H24N2O8S. The second-order valence-electron chi connectivity index (χ2n) is 8.09. The van der Waals surface area contributed by atoms with E-state index in [9.17, 15) is 24.0 Å². The summed E-state index contributed by atoms with van der Waals surface area (Å²) in [6.07, 6.45) is 0. The number of nitrogens with zero attached hydrogens (tertiary/aromatic N) is 1. The van der Waals surface area contributed by atoms with Crippen molar-refractivity contribution < 1.29 is 38.2 Å². The lowest BCUT2D eigenvalue weighted by Crippen LogP contribution is -2.50. The van der Waals surface area contributed by atoms with Crippen LogP contribution in [-0.2, 0) is 19.0 Å². The molecule has 1 aromatic carbocycles. The summed E-state index contributed by atoms with van der Waals surface area (Å²) < 4.78 is 15.0. The highest BCUT2D eigenvalue weighted by Gasteiger charge is 2.44. The number of methoxy groups -OCH3 is 2. The van der Waals surface area contributed by atoms with Crippen molar-refractivity contribution in [2.24, 2.45) is 0 Å². The zero-order chi connectivity index (χ0) is 25.2. The highest BCUT2D eigenvalue weighted by Crippen LogP contribution is 2.34. The summed E-state index contributed by atoms with van der Waals surface area (Å²) in [5, 5.41) is 2.68. The van der Waals surface area contributed by atoms with Crippen LogP contribution in [0.15, 0.2) is 24.3 Å². The number of benzene rings is 1. The van der Waals surface area contributed by atoms with Gasteiger partial charge in [0.15, 0.2) is 0 Å². The van der Waals surface area contributed by atoms with Gasteiger partial charge in [0.2, 0.25) is 0 Å². The van der Waals surface area contributed by atoms with E-state index in [4.69, 9.17) is 14.2 Å². The lowest BCUT2D eigenvalue weighted by atomic mass is 10.0. The van der Waals surface area contributed by atoms with Crippen molar-refractivity contribution >= 4 is 46.0 Å². The van der Waals surface area contributed by atoms with Crippen LogP contribution in [0, 0.1) is 6.92 Å². The first-order valence-corrected chi connectivity index (χ1v) is 11.0. The summed E-state index contributed by atoms with van der Waals surface area (Å²) in [5.41, 5.74) is -0.00655. The second-order valence-corrected chi connectivity index (χ2v) is 9.11. The molecule has 1 aromatic heterocycles. The summed E-state index contributed by atoms with van der Waals surface area (Å²) in [6, 6.07) is 6.54. The zero-order valence-corrected chi connectivity index (χ0v) is 20.2. The van der Waals surface area contributed by atoms with Crippen molar-refractivity contribution in [3.05, 3.63) is 51.4 Å². The topological polar surface area (TPSA) is 128 Å². The molecule has 0 unspecified atom stereocenters. The lowest BCUT2D eigenvalue weighted by Gasteiger charge is -2.33. The summed E-state index contributed by atoms with van der Waals surface area (Å²) >= 11 is 0.883. The highest BCUT2D eigenvalue weighted by atomic mass is 32.1. The maximum absolute atomic E-state index is 12.7. The molecule has 0 bridgehead atoms. The Kier molecular flexibility index (Phi) is 7.18. The lowest BCUT2D eigenvalue weighted by molar-refractivity contribution is -0.121. The SMILES string of the molecule is COC(=O)c1sc(NC(=O)COCC(C)(C)N2C(=O)c3ccccc3C2=O)c(C(=O)OC)c1C. The predicted octanol–water partition coefficient (Wildman–Crippen LogP) is 2.66. The summed E-state index contributed by atoms with van der Waals surface area (Å²) in [6.45, 7) is 4.34. The molecule has 3 rings (SSSR count). The number of carbonyl (C=O) groups is 5. The van der Waals surface area contributed by atoms with Gasteiger partial charge < -0.3 is 19.5 Å². The molecule has 10 nitrogen and oxygen atoms in total. The Labute approximate surface area is 199 Å². The number of ether oxygens (including phenoxy) is 3.